The average molecular weight is 330 g/mol. The van der Waals surface area contributed by atoms with Crippen molar-refractivity contribution in [2.24, 2.45) is 0 Å². The molecule has 15 heavy (non-hydrogen) atoms. The van der Waals surface area contributed by atoms with Crippen LogP contribution < -0.4 is 0 Å². The maximum atomic E-state index is 11.2. The molecule has 0 saturated heterocycles. The van der Waals surface area contributed by atoms with Gasteiger partial charge in [-0.25, -0.2) is 0 Å². The van der Waals surface area contributed by atoms with Gasteiger partial charge in [-0.3, -0.25) is 4.79 Å². The van der Waals surface area contributed by atoms with Gasteiger partial charge in [-0.15, -0.1) is 0 Å². The summed E-state index contributed by atoms with van der Waals surface area (Å²) in [6.07, 6.45) is 0.639. The molecule has 1 atom stereocenters. The van der Waals surface area contributed by atoms with E-state index in [1.807, 2.05) is 0 Å². The first-order valence-electron chi connectivity index (χ1n) is 4.26. The quantitative estimate of drug-likeness (QED) is 0.581. The Kier molecular flexibility index (Phi) is 5.41. The van der Waals surface area contributed by atoms with Crippen molar-refractivity contribution in [3.8, 4) is 0 Å². The monoisotopic (exact) mass is 328 g/mol. The summed E-state index contributed by atoms with van der Waals surface area (Å²) in [4.78, 5) is 11.2. The molecular weight excluding hydrogens is 322 g/mol. The molecule has 0 spiro atoms. The normalized spacial score (nSPS) is 12.5. The minimum absolute atomic E-state index is 0.333. The van der Waals surface area contributed by atoms with Crippen LogP contribution in [0.15, 0.2) is 18.2 Å². The second kappa shape index (κ2) is 6.09. The number of benzene rings is 1. The van der Waals surface area contributed by atoms with Crippen molar-refractivity contribution < 1.29 is 4.79 Å². The lowest BCUT2D eigenvalue weighted by molar-refractivity contribution is -0.113. The summed E-state index contributed by atoms with van der Waals surface area (Å²) in [6, 6.07) is 5.11. The summed E-state index contributed by atoms with van der Waals surface area (Å²) in [6.45, 7) is 0. The molecule has 0 saturated carbocycles. The molecule has 0 radical (unpaired) electrons. The van der Waals surface area contributed by atoms with Gasteiger partial charge in [-0.2, -0.15) is 0 Å². The standard InChI is InChI=1S/C10H8BrCl3O/c11-4-3-7(10(14)15)6-1-2-8(12)9(13)5-6/h1-2,5,7H,3-4H2. The van der Waals surface area contributed by atoms with E-state index in [2.05, 4.69) is 15.9 Å². The number of hydrogen-bond acceptors (Lipinski definition) is 1. The highest BCUT2D eigenvalue weighted by Gasteiger charge is 2.18. The Morgan fingerprint density at radius 3 is 2.47 bits per heavy atom. The first-order valence-corrected chi connectivity index (χ1v) is 6.52. The third-order valence-electron chi connectivity index (χ3n) is 2.02. The fourth-order valence-electron chi connectivity index (χ4n) is 1.25. The SMILES string of the molecule is O=C(Cl)C(CCBr)c1ccc(Cl)c(Cl)c1. The zero-order chi connectivity index (χ0) is 11.4. The van der Waals surface area contributed by atoms with Gasteiger partial charge in [0.2, 0.25) is 5.24 Å². The average Bonchev–Trinajstić information content (AvgIpc) is 2.18. The lowest BCUT2D eigenvalue weighted by atomic mass is 9.98. The summed E-state index contributed by atoms with van der Waals surface area (Å²) in [5.41, 5.74) is 0.795. The van der Waals surface area contributed by atoms with Crippen LogP contribution in [0.25, 0.3) is 0 Å². The molecule has 0 aliphatic carbocycles. The van der Waals surface area contributed by atoms with E-state index in [1.54, 1.807) is 18.2 Å². The lowest BCUT2D eigenvalue weighted by Gasteiger charge is -2.11. The smallest absolute Gasteiger partial charge is 0.229 e. The Hall–Kier alpha value is 0.240. The molecule has 1 unspecified atom stereocenters. The van der Waals surface area contributed by atoms with E-state index in [0.717, 1.165) is 5.56 Å². The Balaban J connectivity index is 3.01. The van der Waals surface area contributed by atoms with Crippen LogP contribution in [0.3, 0.4) is 0 Å². The highest BCUT2D eigenvalue weighted by molar-refractivity contribution is 9.09. The molecule has 0 heterocycles. The molecule has 1 aromatic rings. The van der Waals surface area contributed by atoms with Gasteiger partial charge in [-0.05, 0) is 35.7 Å². The summed E-state index contributed by atoms with van der Waals surface area (Å²) in [7, 11) is 0. The minimum Gasteiger partial charge on any atom is -0.281 e. The number of carbonyl (C=O) groups excluding carboxylic acids is 1. The van der Waals surface area contributed by atoms with E-state index in [4.69, 9.17) is 34.8 Å². The Labute approximate surface area is 112 Å². The third-order valence-corrected chi connectivity index (χ3v) is 3.48. The molecule has 0 N–H and O–H groups in total. The van der Waals surface area contributed by atoms with Crippen molar-refractivity contribution in [1.29, 1.82) is 0 Å². The summed E-state index contributed by atoms with van der Waals surface area (Å²) < 4.78 is 0. The van der Waals surface area contributed by atoms with Crippen LogP contribution in [0.5, 0.6) is 0 Å². The van der Waals surface area contributed by atoms with Gasteiger partial charge in [-0.1, -0.05) is 45.2 Å². The zero-order valence-electron chi connectivity index (χ0n) is 7.64. The van der Waals surface area contributed by atoms with E-state index >= 15 is 0 Å². The molecule has 1 aromatic carbocycles. The molecule has 0 aromatic heterocycles. The van der Waals surface area contributed by atoms with Crippen LogP contribution in [0, 0.1) is 0 Å². The van der Waals surface area contributed by atoms with Crippen LogP contribution in [0.4, 0.5) is 0 Å². The number of rotatable bonds is 4. The van der Waals surface area contributed by atoms with Gasteiger partial charge in [0, 0.05) is 5.33 Å². The van der Waals surface area contributed by atoms with E-state index in [1.165, 1.54) is 0 Å². The lowest BCUT2D eigenvalue weighted by Crippen LogP contribution is -2.07. The van der Waals surface area contributed by atoms with Crippen LogP contribution in [0.2, 0.25) is 10.0 Å². The van der Waals surface area contributed by atoms with Crippen LogP contribution in [-0.2, 0) is 4.79 Å². The second-order valence-corrected chi connectivity index (χ2v) is 4.99. The highest BCUT2D eigenvalue weighted by atomic mass is 79.9. The molecule has 0 bridgehead atoms. The highest BCUT2D eigenvalue weighted by Crippen LogP contribution is 2.29. The third kappa shape index (κ3) is 3.63. The van der Waals surface area contributed by atoms with Crippen molar-refractivity contribution in [3.05, 3.63) is 33.8 Å². The molecular formula is C10H8BrCl3O. The number of hydrogen-bond donors (Lipinski definition) is 0. The molecule has 82 valence electrons. The minimum atomic E-state index is -0.382. The van der Waals surface area contributed by atoms with Crippen molar-refractivity contribution in [2.75, 3.05) is 5.33 Å². The molecule has 5 heteroatoms. The first kappa shape index (κ1) is 13.3. The van der Waals surface area contributed by atoms with Gasteiger partial charge in [0.15, 0.2) is 0 Å². The number of carbonyl (C=O) groups is 1. The Bertz CT molecular complexity index is 368. The first-order chi connectivity index (χ1) is 7.06. The van der Waals surface area contributed by atoms with Crippen molar-refractivity contribution >= 4 is 56.0 Å². The van der Waals surface area contributed by atoms with Gasteiger partial charge in [0.1, 0.15) is 0 Å². The summed E-state index contributed by atoms with van der Waals surface area (Å²) >= 11 is 20.4. The molecule has 0 aliphatic rings. The fraction of sp³-hybridized carbons (Fsp3) is 0.300. The van der Waals surface area contributed by atoms with Gasteiger partial charge in [0.25, 0.3) is 0 Å². The van der Waals surface area contributed by atoms with Gasteiger partial charge < -0.3 is 0 Å². The van der Waals surface area contributed by atoms with Crippen molar-refractivity contribution in [1.82, 2.24) is 0 Å². The molecule has 1 nitrogen and oxygen atoms in total. The maximum Gasteiger partial charge on any atom is 0.229 e. The maximum absolute atomic E-state index is 11.2. The number of halogens is 4. The van der Waals surface area contributed by atoms with Gasteiger partial charge in [0.05, 0.1) is 16.0 Å². The predicted molar refractivity (Wildman–Crippen MR) is 68.5 cm³/mol. The van der Waals surface area contributed by atoms with E-state index in [9.17, 15) is 4.79 Å². The van der Waals surface area contributed by atoms with Crippen LogP contribution in [-0.4, -0.2) is 10.6 Å². The summed E-state index contributed by atoms with van der Waals surface area (Å²) in [5, 5.41) is 1.23. The zero-order valence-corrected chi connectivity index (χ0v) is 11.5. The topological polar surface area (TPSA) is 17.1 Å². The van der Waals surface area contributed by atoms with Gasteiger partial charge >= 0.3 is 0 Å². The molecule has 0 amide bonds. The van der Waals surface area contributed by atoms with Crippen LogP contribution >= 0.6 is 50.7 Å². The van der Waals surface area contributed by atoms with Crippen molar-refractivity contribution in [2.45, 2.75) is 12.3 Å². The Morgan fingerprint density at radius 1 is 1.33 bits per heavy atom. The van der Waals surface area contributed by atoms with E-state index < -0.39 is 0 Å². The molecule has 0 aliphatic heterocycles. The number of alkyl halides is 1. The van der Waals surface area contributed by atoms with E-state index in [-0.39, 0.29) is 11.2 Å². The second-order valence-electron chi connectivity index (χ2n) is 3.01. The fourth-order valence-corrected chi connectivity index (χ4v) is 2.25. The largest absolute Gasteiger partial charge is 0.281 e. The van der Waals surface area contributed by atoms with Crippen LogP contribution in [0.1, 0.15) is 17.9 Å². The van der Waals surface area contributed by atoms with Crippen molar-refractivity contribution in [3.63, 3.8) is 0 Å². The molecule has 1 rings (SSSR count). The van der Waals surface area contributed by atoms with E-state index in [0.29, 0.717) is 21.8 Å². The Morgan fingerprint density at radius 2 is 2.00 bits per heavy atom. The molecule has 0 fully saturated rings. The predicted octanol–water partition coefficient (Wildman–Crippen LogP) is 4.63. The summed E-state index contributed by atoms with van der Waals surface area (Å²) in [5.74, 6) is -0.333.